The number of rotatable bonds is 4. The molecule has 22 heavy (non-hydrogen) atoms. The predicted molar refractivity (Wildman–Crippen MR) is 89.0 cm³/mol. The van der Waals surface area contributed by atoms with Crippen LogP contribution in [-0.4, -0.2) is 12.0 Å². The Bertz CT molecular complexity index is 726. The Kier molecular flexibility index (Phi) is 5.42. The number of hydrogen-bond donors (Lipinski definition) is 1. The first-order valence-corrected chi connectivity index (χ1v) is 7.59. The molecule has 1 unspecified atom stereocenters. The molecular weight excluding hydrogens is 368 g/mol. The number of anilines is 1. The Hall–Kier alpha value is -2.03. The molecule has 0 heterocycles. The third-order valence-electron chi connectivity index (χ3n) is 2.85. The van der Waals surface area contributed by atoms with Crippen LogP contribution < -0.4 is 10.1 Å². The van der Waals surface area contributed by atoms with Gasteiger partial charge in [-0.1, -0.05) is 27.5 Å². The standard InChI is InChI=1S/C16H12BrClN2O2/c1-10(22-13-5-2-11(9-19)3-6-13)16(21)20-15-7-4-12(17)8-14(15)18/h2-8,10H,1H3,(H,20,21). The second-order valence-electron chi connectivity index (χ2n) is 4.51. The zero-order valence-corrected chi connectivity index (χ0v) is 14.0. The number of hydrogen-bond acceptors (Lipinski definition) is 3. The van der Waals surface area contributed by atoms with Crippen LogP contribution >= 0.6 is 27.5 Å². The van der Waals surface area contributed by atoms with Crippen LogP contribution in [0.4, 0.5) is 5.69 Å². The molecule has 0 bridgehead atoms. The minimum absolute atomic E-state index is 0.311. The van der Waals surface area contributed by atoms with Crippen LogP contribution in [0, 0.1) is 11.3 Å². The summed E-state index contributed by atoms with van der Waals surface area (Å²) >= 11 is 9.36. The van der Waals surface area contributed by atoms with E-state index in [9.17, 15) is 4.79 Å². The van der Waals surface area contributed by atoms with Crippen LogP contribution in [-0.2, 0) is 4.79 Å². The minimum Gasteiger partial charge on any atom is -0.481 e. The first-order chi connectivity index (χ1) is 10.5. The molecular formula is C16H12BrClN2O2. The lowest BCUT2D eigenvalue weighted by Crippen LogP contribution is -2.30. The monoisotopic (exact) mass is 378 g/mol. The summed E-state index contributed by atoms with van der Waals surface area (Å²) in [5.74, 6) is 0.206. The maximum Gasteiger partial charge on any atom is 0.265 e. The highest BCUT2D eigenvalue weighted by Crippen LogP contribution is 2.26. The van der Waals surface area contributed by atoms with E-state index in [2.05, 4.69) is 21.2 Å². The molecule has 112 valence electrons. The number of halogens is 2. The van der Waals surface area contributed by atoms with Gasteiger partial charge in [0.05, 0.1) is 22.3 Å². The van der Waals surface area contributed by atoms with E-state index in [-0.39, 0.29) is 5.91 Å². The molecule has 0 radical (unpaired) electrons. The van der Waals surface area contributed by atoms with E-state index in [4.69, 9.17) is 21.6 Å². The molecule has 4 nitrogen and oxygen atoms in total. The third kappa shape index (κ3) is 4.23. The second-order valence-corrected chi connectivity index (χ2v) is 5.83. The highest BCUT2D eigenvalue weighted by Gasteiger charge is 2.16. The van der Waals surface area contributed by atoms with Crippen LogP contribution in [0.2, 0.25) is 5.02 Å². The Morgan fingerprint density at radius 3 is 2.59 bits per heavy atom. The van der Waals surface area contributed by atoms with Gasteiger partial charge in [-0.25, -0.2) is 0 Å². The van der Waals surface area contributed by atoms with E-state index in [0.29, 0.717) is 22.0 Å². The predicted octanol–water partition coefficient (Wildman–Crippen LogP) is 4.38. The lowest BCUT2D eigenvalue weighted by atomic mass is 10.2. The van der Waals surface area contributed by atoms with Crippen molar-refractivity contribution in [1.29, 1.82) is 5.26 Å². The summed E-state index contributed by atoms with van der Waals surface area (Å²) in [5, 5.41) is 11.9. The molecule has 0 aliphatic heterocycles. The van der Waals surface area contributed by atoms with Crippen molar-refractivity contribution < 1.29 is 9.53 Å². The van der Waals surface area contributed by atoms with Crippen molar-refractivity contribution in [3.8, 4) is 11.8 Å². The van der Waals surface area contributed by atoms with E-state index in [1.165, 1.54) is 0 Å². The van der Waals surface area contributed by atoms with Gasteiger partial charge in [-0.3, -0.25) is 4.79 Å². The minimum atomic E-state index is -0.701. The van der Waals surface area contributed by atoms with E-state index in [0.717, 1.165) is 4.47 Å². The van der Waals surface area contributed by atoms with Crippen molar-refractivity contribution in [1.82, 2.24) is 0 Å². The van der Waals surface area contributed by atoms with E-state index in [1.54, 1.807) is 49.4 Å². The fourth-order valence-corrected chi connectivity index (χ4v) is 2.41. The van der Waals surface area contributed by atoms with Crippen LogP contribution in [0.3, 0.4) is 0 Å². The molecule has 0 aliphatic carbocycles. The normalized spacial score (nSPS) is 11.4. The average Bonchev–Trinajstić information content (AvgIpc) is 2.50. The van der Waals surface area contributed by atoms with Crippen molar-refractivity contribution in [3.05, 3.63) is 57.5 Å². The highest BCUT2D eigenvalue weighted by atomic mass is 79.9. The number of ether oxygens (including phenoxy) is 1. The van der Waals surface area contributed by atoms with Crippen molar-refractivity contribution in [2.45, 2.75) is 13.0 Å². The van der Waals surface area contributed by atoms with Crippen molar-refractivity contribution in [3.63, 3.8) is 0 Å². The maximum absolute atomic E-state index is 12.1. The quantitative estimate of drug-likeness (QED) is 0.857. The zero-order chi connectivity index (χ0) is 16.1. The summed E-state index contributed by atoms with van der Waals surface area (Å²) in [6, 6.07) is 13.8. The van der Waals surface area contributed by atoms with Gasteiger partial charge in [-0.2, -0.15) is 5.26 Å². The van der Waals surface area contributed by atoms with E-state index >= 15 is 0 Å². The maximum atomic E-state index is 12.1. The molecule has 0 aliphatic rings. The fraction of sp³-hybridized carbons (Fsp3) is 0.125. The highest BCUT2D eigenvalue weighted by molar-refractivity contribution is 9.10. The molecule has 1 N–H and O–H groups in total. The van der Waals surface area contributed by atoms with Crippen LogP contribution in [0.5, 0.6) is 5.75 Å². The molecule has 1 atom stereocenters. The van der Waals surface area contributed by atoms with Gasteiger partial charge >= 0.3 is 0 Å². The lowest BCUT2D eigenvalue weighted by Gasteiger charge is -2.15. The van der Waals surface area contributed by atoms with Crippen molar-refractivity contribution >= 4 is 39.1 Å². The Morgan fingerprint density at radius 1 is 1.32 bits per heavy atom. The summed E-state index contributed by atoms with van der Waals surface area (Å²) in [4.78, 5) is 12.1. The van der Waals surface area contributed by atoms with Gasteiger partial charge in [0.25, 0.3) is 5.91 Å². The zero-order valence-electron chi connectivity index (χ0n) is 11.6. The molecule has 0 aromatic heterocycles. The van der Waals surface area contributed by atoms with E-state index in [1.807, 2.05) is 6.07 Å². The molecule has 0 saturated heterocycles. The smallest absolute Gasteiger partial charge is 0.265 e. The number of benzene rings is 2. The van der Waals surface area contributed by atoms with Crippen molar-refractivity contribution in [2.75, 3.05) is 5.32 Å². The molecule has 0 spiro atoms. The first kappa shape index (κ1) is 16.3. The molecule has 0 saturated carbocycles. The molecule has 2 aromatic rings. The van der Waals surface area contributed by atoms with Gasteiger partial charge in [0.15, 0.2) is 6.10 Å². The largest absolute Gasteiger partial charge is 0.481 e. The number of amides is 1. The van der Waals surface area contributed by atoms with Crippen LogP contribution in [0.25, 0.3) is 0 Å². The van der Waals surface area contributed by atoms with Crippen LogP contribution in [0.1, 0.15) is 12.5 Å². The number of carbonyl (C=O) groups excluding carboxylic acids is 1. The molecule has 0 fully saturated rings. The third-order valence-corrected chi connectivity index (χ3v) is 3.66. The lowest BCUT2D eigenvalue weighted by molar-refractivity contribution is -0.122. The number of carbonyl (C=O) groups is 1. The average molecular weight is 380 g/mol. The molecule has 2 rings (SSSR count). The Balaban J connectivity index is 2.01. The topological polar surface area (TPSA) is 62.1 Å². The number of nitriles is 1. The molecule has 1 amide bonds. The fourth-order valence-electron chi connectivity index (χ4n) is 1.69. The van der Waals surface area contributed by atoms with Gasteiger partial charge in [0, 0.05) is 4.47 Å². The molecule has 6 heteroatoms. The summed E-state index contributed by atoms with van der Waals surface area (Å²) in [6.07, 6.45) is -0.701. The number of nitrogens with one attached hydrogen (secondary N) is 1. The summed E-state index contributed by atoms with van der Waals surface area (Å²) < 4.78 is 6.37. The van der Waals surface area contributed by atoms with E-state index < -0.39 is 6.10 Å². The summed E-state index contributed by atoms with van der Waals surface area (Å²) in [7, 11) is 0. The summed E-state index contributed by atoms with van der Waals surface area (Å²) in [5.41, 5.74) is 1.05. The van der Waals surface area contributed by atoms with Crippen molar-refractivity contribution in [2.24, 2.45) is 0 Å². The Labute approximate surface area is 141 Å². The molecule has 2 aromatic carbocycles. The Morgan fingerprint density at radius 2 is 2.00 bits per heavy atom. The first-order valence-electron chi connectivity index (χ1n) is 6.42. The summed E-state index contributed by atoms with van der Waals surface area (Å²) in [6.45, 7) is 1.64. The second kappa shape index (κ2) is 7.30. The van der Waals surface area contributed by atoms with Gasteiger partial charge in [-0.15, -0.1) is 0 Å². The van der Waals surface area contributed by atoms with Gasteiger partial charge in [-0.05, 0) is 49.4 Å². The van der Waals surface area contributed by atoms with Gasteiger partial charge < -0.3 is 10.1 Å². The van der Waals surface area contributed by atoms with Crippen LogP contribution in [0.15, 0.2) is 46.9 Å². The van der Waals surface area contributed by atoms with Gasteiger partial charge in [0.2, 0.25) is 0 Å². The van der Waals surface area contributed by atoms with Gasteiger partial charge in [0.1, 0.15) is 5.75 Å². The SMILES string of the molecule is CC(Oc1ccc(C#N)cc1)C(=O)Nc1ccc(Br)cc1Cl. The number of nitrogens with zero attached hydrogens (tertiary/aromatic N) is 1.